The van der Waals surface area contributed by atoms with Crippen LogP contribution in [0.5, 0.6) is 0 Å². The molecule has 0 spiro atoms. The molecule has 0 bridgehead atoms. The Bertz CT molecular complexity index is 1660. The van der Waals surface area contributed by atoms with Gasteiger partial charge in [-0.3, -0.25) is 14.4 Å². The molecule has 7 amide bonds. The fourth-order valence-electron chi connectivity index (χ4n) is 5.96. The first kappa shape index (κ1) is 47.0. The van der Waals surface area contributed by atoms with E-state index in [1.165, 1.54) is 6.42 Å². The van der Waals surface area contributed by atoms with E-state index in [0.29, 0.717) is 45.8 Å². The monoisotopic (exact) mass is 871 g/mol. The maximum atomic E-state index is 13.4. The highest BCUT2D eigenvalue weighted by Crippen LogP contribution is 2.26. The summed E-state index contributed by atoms with van der Waals surface area (Å²) < 4.78 is 5.66. The van der Waals surface area contributed by atoms with Gasteiger partial charge in [-0.15, -0.1) is 0 Å². The molecule has 58 heavy (non-hydrogen) atoms. The zero-order chi connectivity index (χ0) is 41.4. The Morgan fingerprint density at radius 1 is 0.672 bits per heavy atom. The molecule has 0 atom stereocenters. The molecule has 2 aromatic rings. The largest absolute Gasteiger partial charge is 0.380 e. The number of benzene rings is 2. The van der Waals surface area contributed by atoms with Gasteiger partial charge in [-0.2, -0.15) is 0 Å². The molecular weight excluding hydrogens is 815 g/mol. The summed E-state index contributed by atoms with van der Waals surface area (Å²) in [5.74, 6) is 9.36. The number of hydrogen-bond donors (Lipinski definition) is 3. The molecule has 3 heterocycles. The number of rotatable bonds is 15. The SMILES string of the molecule is CCC.O=C(CCOCCC(=O)N(CCNC(=O)N1CCSSCC1)CCNC(=O)N1CCSSCC1)NCCC(=O)N1Cc2ccccc2C#Cc2ccccc21. The third kappa shape index (κ3) is 16.5. The van der Waals surface area contributed by atoms with Gasteiger partial charge >= 0.3 is 12.1 Å². The van der Waals surface area contributed by atoms with Crippen molar-refractivity contribution in [1.82, 2.24) is 30.7 Å². The van der Waals surface area contributed by atoms with E-state index in [9.17, 15) is 24.0 Å². The van der Waals surface area contributed by atoms with Crippen LogP contribution in [0.4, 0.5) is 15.3 Å². The van der Waals surface area contributed by atoms with Gasteiger partial charge in [0.05, 0.1) is 31.9 Å². The molecule has 3 N–H and O–H groups in total. The predicted molar refractivity (Wildman–Crippen MR) is 240 cm³/mol. The molecule has 0 aromatic heterocycles. The minimum Gasteiger partial charge on any atom is -0.380 e. The van der Waals surface area contributed by atoms with Crippen molar-refractivity contribution in [3.8, 4) is 11.8 Å². The maximum Gasteiger partial charge on any atom is 0.317 e. The van der Waals surface area contributed by atoms with Crippen LogP contribution in [0.1, 0.15) is 56.2 Å². The molecule has 13 nitrogen and oxygen atoms in total. The van der Waals surface area contributed by atoms with Crippen LogP contribution in [0.3, 0.4) is 0 Å². The Hall–Kier alpha value is -3.69. The standard InChI is InChI=1S/C38H49N7O6S4.C3H8/c46-34(39-14-11-36(48)45-29-32-7-2-1-5-30(32)9-10-31-6-3-4-8-33(31)45)12-23-51-24-13-35(47)42(17-15-40-37(49)43-19-25-52-53-26-20-43)18-16-41-38(50)44-21-27-54-55-28-22-44;1-3-2/h1-8H,11-29H2,(H,39,46)(H,40,49)(H,41,50);3H2,1-2H3. The van der Waals surface area contributed by atoms with Crippen molar-refractivity contribution >= 4 is 78.6 Å². The molecule has 2 aromatic carbocycles. The summed E-state index contributed by atoms with van der Waals surface area (Å²) in [4.78, 5) is 71.7. The number of carbonyl (C=O) groups is 5. The number of urea groups is 2. The lowest BCUT2D eigenvalue weighted by molar-refractivity contribution is -0.132. The molecule has 2 saturated heterocycles. The van der Waals surface area contributed by atoms with E-state index >= 15 is 0 Å². The Morgan fingerprint density at radius 2 is 1.19 bits per heavy atom. The van der Waals surface area contributed by atoms with Gasteiger partial charge in [-0.05, 0) is 23.8 Å². The van der Waals surface area contributed by atoms with Gasteiger partial charge in [-0.25, -0.2) is 9.59 Å². The molecule has 2 fully saturated rings. The van der Waals surface area contributed by atoms with Gasteiger partial charge in [-0.1, -0.05) is 106 Å². The number of anilines is 1. The Balaban J connectivity index is 0.00000240. The number of nitrogens with zero attached hydrogens (tertiary/aromatic N) is 4. The first-order chi connectivity index (χ1) is 28.3. The average molecular weight is 872 g/mol. The van der Waals surface area contributed by atoms with Crippen LogP contribution in [0.2, 0.25) is 0 Å². The van der Waals surface area contributed by atoms with Crippen molar-refractivity contribution in [2.24, 2.45) is 0 Å². The van der Waals surface area contributed by atoms with E-state index in [-0.39, 0.29) is 81.9 Å². The molecule has 3 aliphatic rings. The highest BCUT2D eigenvalue weighted by Gasteiger charge is 2.22. The van der Waals surface area contributed by atoms with Crippen LogP contribution < -0.4 is 20.9 Å². The molecule has 0 radical (unpaired) electrons. The van der Waals surface area contributed by atoms with Crippen molar-refractivity contribution in [2.45, 2.75) is 46.1 Å². The predicted octanol–water partition coefficient (Wildman–Crippen LogP) is 5.29. The number of hydrogen-bond acceptors (Lipinski definition) is 10. The number of ether oxygens (including phenoxy) is 1. The van der Waals surface area contributed by atoms with Crippen LogP contribution >= 0.6 is 43.2 Å². The van der Waals surface area contributed by atoms with Crippen molar-refractivity contribution in [2.75, 3.05) is 100 Å². The van der Waals surface area contributed by atoms with E-state index in [4.69, 9.17) is 4.74 Å². The van der Waals surface area contributed by atoms with Crippen molar-refractivity contribution in [3.63, 3.8) is 0 Å². The van der Waals surface area contributed by atoms with E-state index in [0.717, 1.165) is 45.4 Å². The quantitative estimate of drug-likeness (QED) is 0.123. The second-order valence-corrected chi connectivity index (χ2v) is 18.8. The summed E-state index contributed by atoms with van der Waals surface area (Å²) in [6.45, 7) is 8.91. The fraction of sp³-hybridized carbons (Fsp3) is 0.537. The lowest BCUT2D eigenvalue weighted by atomic mass is 10.0. The zero-order valence-corrected chi connectivity index (χ0v) is 36.9. The van der Waals surface area contributed by atoms with E-state index < -0.39 is 0 Å². The molecule has 0 saturated carbocycles. The summed E-state index contributed by atoms with van der Waals surface area (Å²) in [5.41, 5.74) is 3.36. The maximum absolute atomic E-state index is 13.4. The molecule has 0 aliphatic carbocycles. The third-order valence-electron chi connectivity index (χ3n) is 8.96. The summed E-state index contributed by atoms with van der Waals surface area (Å²) >= 11 is 0. The minimum atomic E-state index is -0.250. The van der Waals surface area contributed by atoms with E-state index in [1.807, 2.05) is 48.5 Å². The second kappa shape index (κ2) is 27.1. The van der Waals surface area contributed by atoms with Gasteiger partial charge in [0, 0.05) is 106 Å². The first-order valence-corrected chi connectivity index (χ1v) is 24.9. The van der Waals surface area contributed by atoms with E-state index in [2.05, 4.69) is 41.6 Å². The first-order valence-electron chi connectivity index (χ1n) is 20.0. The highest BCUT2D eigenvalue weighted by atomic mass is 33.1. The lowest BCUT2D eigenvalue weighted by Gasteiger charge is -2.26. The zero-order valence-electron chi connectivity index (χ0n) is 33.6. The smallest absolute Gasteiger partial charge is 0.317 e. The summed E-state index contributed by atoms with van der Waals surface area (Å²) in [7, 11) is 7.05. The third-order valence-corrected chi connectivity index (χ3v) is 13.7. The van der Waals surface area contributed by atoms with Gasteiger partial charge < -0.3 is 40.3 Å². The van der Waals surface area contributed by atoms with E-state index in [1.54, 1.807) is 62.8 Å². The number of para-hydroxylation sites is 1. The lowest BCUT2D eigenvalue weighted by Crippen LogP contribution is -2.48. The van der Waals surface area contributed by atoms with Gasteiger partial charge in [0.15, 0.2) is 0 Å². The van der Waals surface area contributed by atoms with Crippen LogP contribution in [-0.2, 0) is 25.7 Å². The number of nitrogens with one attached hydrogen (secondary N) is 3. The number of amides is 7. The molecule has 5 rings (SSSR count). The Kier molecular flexibility index (Phi) is 22.0. The van der Waals surface area contributed by atoms with Gasteiger partial charge in [0.1, 0.15) is 0 Å². The summed E-state index contributed by atoms with van der Waals surface area (Å²) in [6.07, 6.45) is 1.54. The van der Waals surface area contributed by atoms with Crippen molar-refractivity contribution in [1.29, 1.82) is 0 Å². The van der Waals surface area contributed by atoms with Crippen LogP contribution in [0.15, 0.2) is 48.5 Å². The normalized spacial score (nSPS) is 14.9. The minimum absolute atomic E-state index is 0.0840. The average Bonchev–Trinajstić information content (AvgIpc) is 3.68. The molecule has 3 aliphatic heterocycles. The van der Waals surface area contributed by atoms with Crippen molar-refractivity contribution < 1.29 is 28.7 Å². The van der Waals surface area contributed by atoms with Crippen molar-refractivity contribution in [3.05, 3.63) is 65.2 Å². The molecular formula is C41H57N7O6S4. The van der Waals surface area contributed by atoms with Gasteiger partial charge in [0.25, 0.3) is 0 Å². The van der Waals surface area contributed by atoms with Crippen LogP contribution in [0.25, 0.3) is 0 Å². The van der Waals surface area contributed by atoms with Gasteiger partial charge in [0.2, 0.25) is 17.7 Å². The molecule has 17 heteroatoms. The number of fused-ring (bicyclic) bond motifs is 2. The van der Waals surface area contributed by atoms with Crippen LogP contribution in [-0.4, -0.2) is 140 Å². The fourth-order valence-corrected chi connectivity index (χ4v) is 9.92. The Morgan fingerprint density at radius 3 is 1.79 bits per heavy atom. The molecule has 316 valence electrons. The van der Waals surface area contributed by atoms with Crippen LogP contribution in [0, 0.1) is 11.8 Å². The highest BCUT2D eigenvalue weighted by molar-refractivity contribution is 8.77. The summed E-state index contributed by atoms with van der Waals surface area (Å²) in [5, 5.41) is 8.69. The summed E-state index contributed by atoms with van der Waals surface area (Å²) in [6, 6.07) is 15.1. The topological polar surface area (TPSA) is 144 Å². The Labute approximate surface area is 359 Å². The second-order valence-electron chi connectivity index (χ2n) is 13.4. The molecule has 0 unspecified atom stereocenters. The number of carbonyl (C=O) groups excluding carboxylic acids is 5.